The van der Waals surface area contributed by atoms with E-state index in [4.69, 9.17) is 10.0 Å². The lowest BCUT2D eigenvalue weighted by molar-refractivity contribution is -0.128. The first kappa shape index (κ1) is 12.7. The van der Waals surface area contributed by atoms with Gasteiger partial charge in [-0.3, -0.25) is 9.78 Å². The summed E-state index contributed by atoms with van der Waals surface area (Å²) in [7, 11) is 1.92. The van der Waals surface area contributed by atoms with Crippen molar-refractivity contribution >= 4 is 18.5 Å². The third kappa shape index (κ3) is 3.64. The summed E-state index contributed by atoms with van der Waals surface area (Å²) in [6.07, 6.45) is 2.36. The summed E-state index contributed by atoms with van der Waals surface area (Å²) in [5, 5.41) is 17.7. The van der Waals surface area contributed by atoms with Crippen LogP contribution in [0.2, 0.25) is 0 Å². The van der Waals surface area contributed by atoms with Gasteiger partial charge in [0, 0.05) is 37.9 Å². The monoisotopic (exact) mass is 222 g/mol. The zero-order valence-electron chi connectivity index (χ0n) is 9.42. The standard InChI is InChI=1S/C10H15BN2O3/c1-13(2)10(14)6-5-9-4-3-8(7-12-9)11(15)16/h3-4,7,15-16H,5-6H2,1-2H3. The van der Waals surface area contributed by atoms with Crippen LogP contribution in [0.4, 0.5) is 0 Å². The molecule has 16 heavy (non-hydrogen) atoms. The number of aryl methyl sites for hydroxylation is 1. The van der Waals surface area contributed by atoms with E-state index in [-0.39, 0.29) is 5.91 Å². The van der Waals surface area contributed by atoms with Crippen LogP contribution in [0.3, 0.4) is 0 Å². The summed E-state index contributed by atoms with van der Waals surface area (Å²) < 4.78 is 0. The van der Waals surface area contributed by atoms with E-state index in [0.29, 0.717) is 18.3 Å². The largest absolute Gasteiger partial charge is 0.490 e. The number of carbonyl (C=O) groups is 1. The Morgan fingerprint density at radius 1 is 1.44 bits per heavy atom. The maximum absolute atomic E-state index is 11.3. The SMILES string of the molecule is CN(C)C(=O)CCc1ccc(B(O)O)cn1. The Morgan fingerprint density at radius 3 is 2.56 bits per heavy atom. The molecule has 1 heterocycles. The smallest absolute Gasteiger partial charge is 0.423 e. The van der Waals surface area contributed by atoms with Gasteiger partial charge in [-0.1, -0.05) is 6.07 Å². The van der Waals surface area contributed by atoms with Crippen LogP contribution in [0, 0.1) is 0 Å². The highest BCUT2D eigenvalue weighted by Gasteiger charge is 2.11. The molecule has 2 N–H and O–H groups in total. The van der Waals surface area contributed by atoms with E-state index >= 15 is 0 Å². The highest BCUT2D eigenvalue weighted by Crippen LogP contribution is 1.99. The van der Waals surface area contributed by atoms with Crippen molar-refractivity contribution in [1.29, 1.82) is 0 Å². The molecule has 0 radical (unpaired) electrons. The van der Waals surface area contributed by atoms with E-state index in [1.165, 1.54) is 11.1 Å². The number of carbonyl (C=O) groups excluding carboxylic acids is 1. The van der Waals surface area contributed by atoms with Crippen molar-refractivity contribution in [2.75, 3.05) is 14.1 Å². The second-order valence-corrected chi connectivity index (χ2v) is 3.74. The molecule has 0 aliphatic carbocycles. The molecule has 0 aromatic carbocycles. The van der Waals surface area contributed by atoms with E-state index in [1.54, 1.807) is 26.2 Å². The lowest BCUT2D eigenvalue weighted by atomic mass is 9.81. The molecule has 1 rings (SSSR count). The number of aromatic nitrogens is 1. The van der Waals surface area contributed by atoms with Crippen molar-refractivity contribution in [3.63, 3.8) is 0 Å². The second-order valence-electron chi connectivity index (χ2n) is 3.74. The van der Waals surface area contributed by atoms with Crippen LogP contribution in [-0.2, 0) is 11.2 Å². The number of nitrogens with zero attached hydrogens (tertiary/aromatic N) is 2. The fraction of sp³-hybridized carbons (Fsp3) is 0.400. The van der Waals surface area contributed by atoms with Crippen LogP contribution < -0.4 is 5.46 Å². The first-order chi connectivity index (χ1) is 7.50. The van der Waals surface area contributed by atoms with Crippen molar-refractivity contribution in [3.8, 4) is 0 Å². The Bertz CT molecular complexity index is 352. The molecule has 0 unspecified atom stereocenters. The summed E-state index contributed by atoms with van der Waals surface area (Å²) in [6.45, 7) is 0. The summed E-state index contributed by atoms with van der Waals surface area (Å²) in [5.74, 6) is 0.0491. The third-order valence-electron chi connectivity index (χ3n) is 2.24. The Hall–Kier alpha value is -1.40. The molecule has 0 saturated carbocycles. The zero-order chi connectivity index (χ0) is 12.1. The van der Waals surface area contributed by atoms with Crippen molar-refractivity contribution in [2.24, 2.45) is 0 Å². The number of hydrogen-bond acceptors (Lipinski definition) is 4. The van der Waals surface area contributed by atoms with E-state index in [1.807, 2.05) is 0 Å². The number of rotatable bonds is 4. The number of hydrogen-bond donors (Lipinski definition) is 2. The molecule has 0 atom stereocenters. The lowest BCUT2D eigenvalue weighted by Crippen LogP contribution is -2.30. The van der Waals surface area contributed by atoms with Crippen molar-refractivity contribution < 1.29 is 14.8 Å². The molecule has 5 nitrogen and oxygen atoms in total. The molecule has 0 spiro atoms. The summed E-state index contributed by atoms with van der Waals surface area (Å²) in [6, 6.07) is 3.28. The van der Waals surface area contributed by atoms with Crippen molar-refractivity contribution in [3.05, 3.63) is 24.0 Å². The van der Waals surface area contributed by atoms with Crippen LogP contribution in [-0.4, -0.2) is 47.1 Å². The first-order valence-electron chi connectivity index (χ1n) is 5.02. The molecular formula is C10H15BN2O3. The highest BCUT2D eigenvalue weighted by molar-refractivity contribution is 6.58. The van der Waals surface area contributed by atoms with Crippen LogP contribution in [0.25, 0.3) is 0 Å². The predicted molar refractivity (Wildman–Crippen MR) is 61.1 cm³/mol. The minimum Gasteiger partial charge on any atom is -0.423 e. The predicted octanol–water partition coefficient (Wildman–Crippen LogP) is -1.22. The molecule has 0 fully saturated rings. The van der Waals surface area contributed by atoms with Crippen molar-refractivity contribution in [1.82, 2.24) is 9.88 Å². The minimum atomic E-state index is -1.50. The molecule has 1 aromatic rings. The fourth-order valence-corrected chi connectivity index (χ4v) is 1.20. The highest BCUT2D eigenvalue weighted by atomic mass is 16.4. The summed E-state index contributed by atoms with van der Waals surface area (Å²) >= 11 is 0. The zero-order valence-corrected chi connectivity index (χ0v) is 9.42. The van der Waals surface area contributed by atoms with Gasteiger partial charge < -0.3 is 14.9 Å². The molecule has 1 aromatic heterocycles. The van der Waals surface area contributed by atoms with E-state index in [9.17, 15) is 4.79 Å². The van der Waals surface area contributed by atoms with Crippen molar-refractivity contribution in [2.45, 2.75) is 12.8 Å². The second kappa shape index (κ2) is 5.62. The molecular weight excluding hydrogens is 207 g/mol. The Balaban J connectivity index is 2.53. The van der Waals surface area contributed by atoms with E-state index in [2.05, 4.69) is 4.98 Å². The van der Waals surface area contributed by atoms with Gasteiger partial charge in [-0.15, -0.1) is 0 Å². The molecule has 1 amide bonds. The summed E-state index contributed by atoms with van der Waals surface area (Å²) in [5.41, 5.74) is 1.11. The molecule has 0 saturated heterocycles. The normalized spacial score (nSPS) is 10.0. The van der Waals surface area contributed by atoms with Crippen LogP contribution in [0.15, 0.2) is 18.3 Å². The Labute approximate surface area is 94.9 Å². The topological polar surface area (TPSA) is 73.7 Å². The van der Waals surface area contributed by atoms with E-state index in [0.717, 1.165) is 5.69 Å². The van der Waals surface area contributed by atoms with Gasteiger partial charge in [-0.25, -0.2) is 0 Å². The molecule has 6 heteroatoms. The maximum atomic E-state index is 11.3. The Kier molecular flexibility index (Phi) is 4.45. The quantitative estimate of drug-likeness (QED) is 0.626. The van der Waals surface area contributed by atoms with Gasteiger partial charge in [0.1, 0.15) is 0 Å². The van der Waals surface area contributed by atoms with Gasteiger partial charge in [0.15, 0.2) is 0 Å². The van der Waals surface area contributed by atoms with E-state index < -0.39 is 7.12 Å². The summed E-state index contributed by atoms with van der Waals surface area (Å²) in [4.78, 5) is 16.9. The maximum Gasteiger partial charge on any atom is 0.490 e. The van der Waals surface area contributed by atoms with Gasteiger partial charge in [0.05, 0.1) is 0 Å². The molecule has 0 aliphatic rings. The van der Waals surface area contributed by atoms with Crippen LogP contribution in [0.5, 0.6) is 0 Å². The number of amides is 1. The van der Waals surface area contributed by atoms with Gasteiger partial charge in [0.2, 0.25) is 5.91 Å². The van der Waals surface area contributed by atoms with Crippen LogP contribution >= 0.6 is 0 Å². The number of pyridine rings is 1. The average molecular weight is 222 g/mol. The minimum absolute atomic E-state index is 0.0491. The van der Waals surface area contributed by atoms with Gasteiger partial charge in [-0.05, 0) is 12.5 Å². The van der Waals surface area contributed by atoms with Gasteiger partial charge in [-0.2, -0.15) is 0 Å². The molecule has 0 aliphatic heterocycles. The third-order valence-corrected chi connectivity index (χ3v) is 2.24. The fourth-order valence-electron chi connectivity index (χ4n) is 1.20. The van der Waals surface area contributed by atoms with Gasteiger partial charge >= 0.3 is 7.12 Å². The molecule has 0 bridgehead atoms. The Morgan fingerprint density at radius 2 is 2.12 bits per heavy atom. The lowest BCUT2D eigenvalue weighted by Gasteiger charge is -2.09. The van der Waals surface area contributed by atoms with Crippen LogP contribution in [0.1, 0.15) is 12.1 Å². The average Bonchev–Trinajstić information content (AvgIpc) is 2.26. The molecule has 86 valence electrons. The first-order valence-corrected chi connectivity index (χ1v) is 5.02. The van der Waals surface area contributed by atoms with Gasteiger partial charge in [0.25, 0.3) is 0 Å².